The fraction of sp³-hybridized carbons (Fsp3) is 0.188. The fourth-order valence-corrected chi connectivity index (χ4v) is 2.71. The molecule has 23 heavy (non-hydrogen) atoms. The molecule has 0 spiro atoms. The average molecular weight is 334 g/mol. The number of non-ortho nitro benzene ring substituents is 1. The zero-order valence-electron chi connectivity index (χ0n) is 12.2. The van der Waals surface area contributed by atoms with Gasteiger partial charge in [0.15, 0.2) is 0 Å². The Kier molecular flexibility index (Phi) is 6.10. The second kappa shape index (κ2) is 8.28. The minimum absolute atomic E-state index is 0.107. The van der Waals surface area contributed by atoms with Gasteiger partial charge in [-0.2, -0.15) is 0 Å². The van der Waals surface area contributed by atoms with E-state index < -0.39 is 4.92 Å². The summed E-state index contributed by atoms with van der Waals surface area (Å²) in [7, 11) is 0. The first-order chi connectivity index (χ1) is 11.1. The summed E-state index contributed by atoms with van der Waals surface area (Å²) >= 11 is 1.58. The maximum Gasteiger partial charge on any atom is 0.270 e. The SMILES string of the molecule is O=C(NCCCSc1ccc(F)cc1)c1cccc([N+](=O)[O-])c1. The number of carbonyl (C=O) groups excluding carboxylic acids is 1. The highest BCUT2D eigenvalue weighted by atomic mass is 32.2. The molecule has 0 radical (unpaired) electrons. The van der Waals surface area contributed by atoms with Crippen LogP contribution in [0.15, 0.2) is 53.4 Å². The maximum absolute atomic E-state index is 12.8. The number of nitro benzene ring substituents is 1. The van der Waals surface area contributed by atoms with E-state index in [-0.39, 0.29) is 23.0 Å². The van der Waals surface area contributed by atoms with E-state index in [1.807, 2.05) is 0 Å². The molecule has 2 aromatic rings. The van der Waals surface area contributed by atoms with Gasteiger partial charge in [-0.15, -0.1) is 11.8 Å². The van der Waals surface area contributed by atoms with Gasteiger partial charge < -0.3 is 5.32 Å². The molecule has 0 aromatic heterocycles. The van der Waals surface area contributed by atoms with Crippen LogP contribution in [0.4, 0.5) is 10.1 Å². The number of hydrogen-bond donors (Lipinski definition) is 1. The average Bonchev–Trinajstić information content (AvgIpc) is 2.56. The molecule has 0 aliphatic carbocycles. The van der Waals surface area contributed by atoms with Crippen LogP contribution in [0.5, 0.6) is 0 Å². The molecule has 1 amide bonds. The first-order valence-corrected chi connectivity index (χ1v) is 7.96. The van der Waals surface area contributed by atoms with Gasteiger partial charge >= 0.3 is 0 Å². The van der Waals surface area contributed by atoms with Crippen molar-refractivity contribution in [1.82, 2.24) is 5.32 Å². The molecule has 7 heteroatoms. The van der Waals surface area contributed by atoms with Crippen molar-refractivity contribution in [1.29, 1.82) is 0 Å². The molecule has 0 unspecified atom stereocenters. The van der Waals surface area contributed by atoms with Gasteiger partial charge in [0.25, 0.3) is 11.6 Å². The first kappa shape index (κ1) is 17.0. The highest BCUT2D eigenvalue weighted by molar-refractivity contribution is 7.99. The number of nitrogens with zero attached hydrogens (tertiary/aromatic N) is 1. The zero-order chi connectivity index (χ0) is 16.7. The van der Waals surface area contributed by atoms with Crippen LogP contribution in [-0.2, 0) is 0 Å². The lowest BCUT2D eigenvalue weighted by molar-refractivity contribution is -0.384. The standard InChI is InChI=1S/C16H15FN2O3S/c17-13-5-7-15(8-6-13)23-10-2-9-18-16(20)12-3-1-4-14(11-12)19(21)22/h1,3-8,11H,2,9-10H2,(H,18,20). The smallest absolute Gasteiger partial charge is 0.270 e. The van der Waals surface area contributed by atoms with Crippen LogP contribution in [0.3, 0.4) is 0 Å². The highest BCUT2D eigenvalue weighted by Gasteiger charge is 2.10. The van der Waals surface area contributed by atoms with Crippen molar-refractivity contribution < 1.29 is 14.1 Å². The van der Waals surface area contributed by atoms with Crippen molar-refractivity contribution in [3.63, 3.8) is 0 Å². The summed E-state index contributed by atoms with van der Waals surface area (Å²) in [6.45, 7) is 0.468. The van der Waals surface area contributed by atoms with Crippen LogP contribution in [0, 0.1) is 15.9 Å². The van der Waals surface area contributed by atoms with Gasteiger partial charge in [0.05, 0.1) is 4.92 Å². The number of rotatable bonds is 7. The Balaban J connectivity index is 1.73. The lowest BCUT2D eigenvalue weighted by atomic mass is 10.2. The van der Waals surface area contributed by atoms with E-state index in [9.17, 15) is 19.3 Å². The second-order valence-electron chi connectivity index (χ2n) is 4.72. The number of nitro groups is 1. The van der Waals surface area contributed by atoms with Crippen molar-refractivity contribution in [3.8, 4) is 0 Å². The summed E-state index contributed by atoms with van der Waals surface area (Å²) in [5.41, 5.74) is 0.162. The van der Waals surface area contributed by atoms with Crippen LogP contribution in [0.25, 0.3) is 0 Å². The quantitative estimate of drug-likeness (QED) is 0.363. The Bertz CT molecular complexity index is 692. The molecule has 0 fully saturated rings. The van der Waals surface area contributed by atoms with Crippen LogP contribution >= 0.6 is 11.8 Å². The molecular formula is C16H15FN2O3S. The van der Waals surface area contributed by atoms with Crippen LogP contribution in [-0.4, -0.2) is 23.1 Å². The molecule has 5 nitrogen and oxygen atoms in total. The van der Waals surface area contributed by atoms with Crippen molar-refractivity contribution in [3.05, 3.63) is 70.0 Å². The predicted octanol–water partition coefficient (Wildman–Crippen LogP) is 3.65. The number of nitrogens with one attached hydrogen (secondary N) is 1. The van der Waals surface area contributed by atoms with E-state index >= 15 is 0 Å². The van der Waals surface area contributed by atoms with Crippen LogP contribution in [0.2, 0.25) is 0 Å². The normalized spacial score (nSPS) is 10.3. The molecule has 0 saturated heterocycles. The molecule has 120 valence electrons. The minimum atomic E-state index is -0.532. The monoisotopic (exact) mass is 334 g/mol. The Morgan fingerprint density at radius 1 is 1.22 bits per heavy atom. The molecule has 0 bridgehead atoms. The van der Waals surface area contributed by atoms with Crippen molar-refractivity contribution in [2.45, 2.75) is 11.3 Å². The molecule has 0 heterocycles. The van der Waals surface area contributed by atoms with E-state index in [0.717, 1.165) is 17.1 Å². The number of hydrogen-bond acceptors (Lipinski definition) is 4. The number of halogens is 1. The van der Waals surface area contributed by atoms with E-state index in [0.29, 0.717) is 6.54 Å². The Labute approximate surface area is 137 Å². The molecular weight excluding hydrogens is 319 g/mol. The molecule has 0 atom stereocenters. The van der Waals surface area contributed by atoms with Crippen LogP contribution in [0.1, 0.15) is 16.8 Å². The van der Waals surface area contributed by atoms with Gasteiger partial charge in [0.1, 0.15) is 5.82 Å². The largest absolute Gasteiger partial charge is 0.352 e. The third kappa shape index (κ3) is 5.37. The first-order valence-electron chi connectivity index (χ1n) is 6.97. The zero-order valence-corrected chi connectivity index (χ0v) is 13.0. The minimum Gasteiger partial charge on any atom is -0.352 e. The summed E-state index contributed by atoms with van der Waals surface area (Å²) in [4.78, 5) is 23.0. The van der Waals surface area contributed by atoms with Gasteiger partial charge in [-0.3, -0.25) is 14.9 Å². The number of carbonyl (C=O) groups is 1. The Morgan fingerprint density at radius 2 is 1.96 bits per heavy atom. The molecule has 0 saturated carbocycles. The lowest BCUT2D eigenvalue weighted by Gasteiger charge is -2.05. The second-order valence-corrected chi connectivity index (χ2v) is 5.89. The van der Waals surface area contributed by atoms with Crippen molar-refractivity contribution in [2.24, 2.45) is 0 Å². The summed E-state index contributed by atoms with van der Waals surface area (Å²) in [6.07, 6.45) is 0.739. The summed E-state index contributed by atoms with van der Waals surface area (Å²) in [5.74, 6) is 0.181. The highest BCUT2D eigenvalue weighted by Crippen LogP contribution is 2.18. The van der Waals surface area contributed by atoms with E-state index in [4.69, 9.17) is 0 Å². The number of benzene rings is 2. The fourth-order valence-electron chi connectivity index (χ4n) is 1.86. The third-order valence-corrected chi connectivity index (χ3v) is 4.11. The van der Waals surface area contributed by atoms with E-state index in [1.165, 1.54) is 36.4 Å². The van der Waals surface area contributed by atoms with Gasteiger partial charge in [-0.05, 0) is 42.5 Å². The molecule has 0 aliphatic heterocycles. The van der Waals surface area contributed by atoms with Crippen LogP contribution < -0.4 is 5.32 Å². The summed E-state index contributed by atoms with van der Waals surface area (Å²) < 4.78 is 12.8. The van der Waals surface area contributed by atoms with E-state index in [2.05, 4.69) is 5.32 Å². The number of amides is 1. The van der Waals surface area contributed by atoms with Crippen molar-refractivity contribution in [2.75, 3.05) is 12.3 Å². The summed E-state index contributed by atoms with van der Waals surface area (Å²) in [6, 6.07) is 11.9. The Morgan fingerprint density at radius 3 is 2.65 bits per heavy atom. The van der Waals surface area contributed by atoms with Gasteiger partial charge in [-0.1, -0.05) is 6.07 Å². The van der Waals surface area contributed by atoms with Crippen molar-refractivity contribution >= 4 is 23.4 Å². The van der Waals surface area contributed by atoms with Gasteiger partial charge in [-0.25, -0.2) is 4.39 Å². The van der Waals surface area contributed by atoms with Gasteiger partial charge in [0, 0.05) is 29.1 Å². The lowest BCUT2D eigenvalue weighted by Crippen LogP contribution is -2.24. The molecule has 1 N–H and O–H groups in total. The topological polar surface area (TPSA) is 72.2 Å². The van der Waals surface area contributed by atoms with E-state index in [1.54, 1.807) is 23.9 Å². The molecule has 0 aliphatic rings. The predicted molar refractivity (Wildman–Crippen MR) is 87.2 cm³/mol. The molecule has 2 aromatic carbocycles. The Hall–Kier alpha value is -2.41. The maximum atomic E-state index is 12.8. The third-order valence-electron chi connectivity index (χ3n) is 3.01. The molecule has 2 rings (SSSR count). The van der Waals surface area contributed by atoms with Gasteiger partial charge in [0.2, 0.25) is 0 Å². The summed E-state index contributed by atoms with van der Waals surface area (Å²) in [5, 5.41) is 13.4. The number of thioether (sulfide) groups is 1.